The van der Waals surface area contributed by atoms with Crippen LogP contribution in [-0.2, 0) is 9.53 Å². The number of nitrogens with two attached hydrogens (primary N) is 1. The van der Waals surface area contributed by atoms with Crippen LogP contribution in [0, 0.1) is 0 Å². The van der Waals surface area contributed by atoms with Crippen molar-refractivity contribution in [2.45, 2.75) is 6.92 Å². The van der Waals surface area contributed by atoms with Crippen LogP contribution in [-0.4, -0.2) is 41.1 Å². The summed E-state index contributed by atoms with van der Waals surface area (Å²) in [6, 6.07) is 1.62. The van der Waals surface area contributed by atoms with Crippen molar-refractivity contribution in [2.75, 3.05) is 25.1 Å². The van der Waals surface area contributed by atoms with Gasteiger partial charge in [0.1, 0.15) is 17.2 Å². The summed E-state index contributed by atoms with van der Waals surface area (Å²) in [7, 11) is 1.34. The molecule has 0 bridgehead atoms. The number of methoxy groups -OCH3 is 1. The molecule has 0 saturated carbocycles. The first kappa shape index (κ1) is 13.3. The fraction of sp³-hybridized carbons (Fsp3) is 0.400. The van der Waals surface area contributed by atoms with Crippen LogP contribution in [0.3, 0.4) is 0 Å². The van der Waals surface area contributed by atoms with E-state index in [1.165, 1.54) is 7.11 Å². The van der Waals surface area contributed by atoms with Gasteiger partial charge in [0.05, 0.1) is 7.11 Å². The van der Waals surface area contributed by atoms with E-state index in [0.29, 0.717) is 18.2 Å². The number of aromatic nitrogens is 2. The summed E-state index contributed by atoms with van der Waals surface area (Å²) in [6.45, 7) is 2.56. The van der Waals surface area contributed by atoms with Gasteiger partial charge in [0.15, 0.2) is 0 Å². The Labute approximate surface area is 105 Å². The second kappa shape index (κ2) is 6.09. The van der Waals surface area contributed by atoms with Gasteiger partial charge in [-0.25, -0.2) is 9.97 Å². The smallest absolute Gasteiger partial charge is 0.325 e. The van der Waals surface area contributed by atoms with Crippen molar-refractivity contribution >= 4 is 29.1 Å². The Hall–Kier alpha value is -1.76. The number of rotatable bonds is 5. The minimum Gasteiger partial charge on any atom is -0.468 e. The highest BCUT2D eigenvalue weighted by molar-refractivity contribution is 7.80. The number of likely N-dealkylation sites (N-methyl/N-ethyl adjacent to an activating group) is 1. The van der Waals surface area contributed by atoms with Crippen LogP contribution < -0.4 is 10.6 Å². The number of thiocarbonyl (C=S) groups is 1. The molecule has 0 aliphatic heterocycles. The largest absolute Gasteiger partial charge is 0.468 e. The molecule has 1 aromatic heterocycles. The first-order valence-corrected chi connectivity index (χ1v) is 5.44. The molecule has 0 aliphatic rings. The van der Waals surface area contributed by atoms with Crippen LogP contribution in [0.25, 0.3) is 0 Å². The summed E-state index contributed by atoms with van der Waals surface area (Å²) in [5.41, 5.74) is 5.96. The van der Waals surface area contributed by atoms with E-state index in [4.69, 9.17) is 18.0 Å². The second-order valence-electron chi connectivity index (χ2n) is 3.20. The van der Waals surface area contributed by atoms with Gasteiger partial charge in [-0.05, 0) is 13.0 Å². The molecule has 0 fully saturated rings. The Morgan fingerprint density at radius 1 is 1.65 bits per heavy atom. The lowest BCUT2D eigenvalue weighted by atomic mass is 10.4. The van der Waals surface area contributed by atoms with E-state index in [1.807, 2.05) is 6.92 Å². The number of carbonyl (C=O) groups excluding carboxylic acids is 1. The Morgan fingerprint density at radius 2 is 2.35 bits per heavy atom. The third kappa shape index (κ3) is 3.63. The van der Waals surface area contributed by atoms with E-state index in [1.54, 1.807) is 17.2 Å². The number of hydrogen-bond acceptors (Lipinski definition) is 6. The lowest BCUT2D eigenvalue weighted by Crippen LogP contribution is -2.32. The molecule has 2 N–H and O–H groups in total. The lowest BCUT2D eigenvalue weighted by Gasteiger charge is -2.19. The van der Waals surface area contributed by atoms with Gasteiger partial charge in [-0.3, -0.25) is 4.79 Å². The summed E-state index contributed by atoms with van der Waals surface area (Å²) in [4.78, 5) is 21.3. The molecule has 0 saturated heterocycles. The fourth-order valence-electron chi connectivity index (χ4n) is 1.18. The van der Waals surface area contributed by atoms with E-state index in [0.717, 1.165) is 0 Å². The molecule has 0 unspecified atom stereocenters. The first-order chi connectivity index (χ1) is 8.08. The lowest BCUT2D eigenvalue weighted by molar-refractivity contribution is -0.138. The molecule has 0 amide bonds. The maximum absolute atomic E-state index is 11.2. The highest BCUT2D eigenvalue weighted by atomic mass is 32.1. The zero-order valence-corrected chi connectivity index (χ0v) is 10.5. The highest BCUT2D eigenvalue weighted by Crippen LogP contribution is 2.07. The fourth-order valence-corrected chi connectivity index (χ4v) is 1.30. The Morgan fingerprint density at radius 3 is 2.88 bits per heavy atom. The molecule has 0 spiro atoms. The van der Waals surface area contributed by atoms with E-state index in [-0.39, 0.29) is 17.5 Å². The number of carbonyl (C=O) groups is 1. The van der Waals surface area contributed by atoms with Crippen LogP contribution in [0.4, 0.5) is 5.95 Å². The minimum atomic E-state index is -0.351. The topological polar surface area (TPSA) is 81.3 Å². The van der Waals surface area contributed by atoms with Crippen LogP contribution in [0.15, 0.2) is 12.3 Å². The molecule has 92 valence electrons. The molecular formula is C10H14N4O2S. The Bertz CT molecular complexity index is 425. The molecule has 0 aromatic carbocycles. The average Bonchev–Trinajstić information content (AvgIpc) is 2.35. The zero-order chi connectivity index (χ0) is 12.8. The molecule has 1 heterocycles. The van der Waals surface area contributed by atoms with Crippen molar-refractivity contribution in [3.8, 4) is 0 Å². The maximum Gasteiger partial charge on any atom is 0.325 e. The molecule has 0 atom stereocenters. The summed E-state index contributed by atoms with van der Waals surface area (Å²) in [5.74, 6) is 0.0550. The summed E-state index contributed by atoms with van der Waals surface area (Å²) in [6.07, 6.45) is 1.55. The molecule has 1 rings (SSSR count). The number of nitrogens with zero attached hydrogens (tertiary/aromatic N) is 3. The third-order valence-corrected chi connectivity index (χ3v) is 2.32. The van der Waals surface area contributed by atoms with Gasteiger partial charge in [-0.1, -0.05) is 12.2 Å². The van der Waals surface area contributed by atoms with Crippen molar-refractivity contribution in [1.29, 1.82) is 0 Å². The summed E-state index contributed by atoms with van der Waals surface area (Å²) >= 11 is 4.83. The average molecular weight is 254 g/mol. The van der Waals surface area contributed by atoms with Crippen LogP contribution in [0.5, 0.6) is 0 Å². The monoisotopic (exact) mass is 254 g/mol. The first-order valence-electron chi connectivity index (χ1n) is 5.03. The standard InChI is InChI=1S/C10H14N4O2S/c1-3-14(6-8(15)16-2)10-12-5-4-7(13-10)9(11)17/h4-5H,3,6H2,1-2H3,(H2,11,17). The quantitative estimate of drug-likeness (QED) is 0.590. The molecule has 6 nitrogen and oxygen atoms in total. The Balaban J connectivity index is 2.91. The predicted molar refractivity (Wildman–Crippen MR) is 67.8 cm³/mol. The van der Waals surface area contributed by atoms with Crippen molar-refractivity contribution < 1.29 is 9.53 Å². The van der Waals surface area contributed by atoms with Crippen molar-refractivity contribution in [3.05, 3.63) is 18.0 Å². The van der Waals surface area contributed by atoms with Gasteiger partial charge in [-0.15, -0.1) is 0 Å². The van der Waals surface area contributed by atoms with E-state index < -0.39 is 0 Å². The van der Waals surface area contributed by atoms with Gasteiger partial charge in [-0.2, -0.15) is 0 Å². The minimum absolute atomic E-state index is 0.0911. The van der Waals surface area contributed by atoms with Gasteiger partial charge < -0.3 is 15.4 Å². The maximum atomic E-state index is 11.2. The van der Waals surface area contributed by atoms with Crippen molar-refractivity contribution in [2.24, 2.45) is 5.73 Å². The number of anilines is 1. The van der Waals surface area contributed by atoms with Gasteiger partial charge in [0, 0.05) is 12.7 Å². The second-order valence-corrected chi connectivity index (χ2v) is 3.64. The molecule has 0 radical (unpaired) electrons. The van der Waals surface area contributed by atoms with Crippen molar-refractivity contribution in [1.82, 2.24) is 9.97 Å². The van der Waals surface area contributed by atoms with Crippen LogP contribution in [0.1, 0.15) is 12.6 Å². The normalized spacial score (nSPS) is 9.76. The van der Waals surface area contributed by atoms with Crippen molar-refractivity contribution in [3.63, 3.8) is 0 Å². The van der Waals surface area contributed by atoms with Gasteiger partial charge in [0.25, 0.3) is 0 Å². The van der Waals surface area contributed by atoms with Crippen LogP contribution in [0.2, 0.25) is 0 Å². The number of esters is 1. The Kier molecular flexibility index (Phi) is 4.77. The van der Waals surface area contributed by atoms with Gasteiger partial charge in [0.2, 0.25) is 5.95 Å². The van der Waals surface area contributed by atoms with Crippen LogP contribution >= 0.6 is 12.2 Å². The molecule has 1 aromatic rings. The molecular weight excluding hydrogens is 240 g/mol. The van der Waals surface area contributed by atoms with E-state index >= 15 is 0 Å². The highest BCUT2D eigenvalue weighted by Gasteiger charge is 2.13. The molecule has 17 heavy (non-hydrogen) atoms. The number of hydrogen-bond donors (Lipinski definition) is 1. The van der Waals surface area contributed by atoms with Gasteiger partial charge >= 0.3 is 5.97 Å². The summed E-state index contributed by atoms with van der Waals surface area (Å²) in [5, 5.41) is 0. The molecule has 7 heteroatoms. The molecule has 0 aliphatic carbocycles. The van der Waals surface area contributed by atoms with E-state index in [2.05, 4.69) is 14.7 Å². The number of ether oxygens (including phenoxy) is 1. The van der Waals surface area contributed by atoms with E-state index in [9.17, 15) is 4.79 Å². The zero-order valence-electron chi connectivity index (χ0n) is 9.71. The SMILES string of the molecule is CCN(CC(=O)OC)c1nccc(C(N)=S)n1. The summed E-state index contributed by atoms with van der Waals surface area (Å²) < 4.78 is 4.60. The predicted octanol–water partition coefficient (Wildman–Crippen LogP) is 0.110. The third-order valence-electron chi connectivity index (χ3n) is 2.11.